The van der Waals surface area contributed by atoms with Crippen molar-refractivity contribution in [2.45, 2.75) is 37.5 Å². The molecule has 1 aromatic rings. The molecule has 1 aromatic carbocycles. The molecule has 0 bridgehead atoms. The van der Waals surface area contributed by atoms with Gasteiger partial charge in [-0.15, -0.1) is 0 Å². The summed E-state index contributed by atoms with van der Waals surface area (Å²) in [4.78, 5) is -1.82. The molecule has 1 aliphatic rings. The second kappa shape index (κ2) is 4.23. The van der Waals surface area contributed by atoms with Crippen LogP contribution in [0.5, 0.6) is 0 Å². The van der Waals surface area contributed by atoms with E-state index in [0.29, 0.717) is 23.6 Å². The summed E-state index contributed by atoms with van der Waals surface area (Å²) in [7, 11) is -9.55. The van der Waals surface area contributed by atoms with Crippen LogP contribution in [0.4, 0.5) is 19.4 Å². The maximum absolute atomic E-state index is 12.6. The lowest BCUT2D eigenvalue weighted by Crippen LogP contribution is -2.06. The van der Waals surface area contributed by atoms with Gasteiger partial charge in [-0.05, 0) is 48.4 Å². The van der Waals surface area contributed by atoms with E-state index in [9.17, 15) is 19.4 Å². The topological polar surface area (TPSA) is 0 Å². The fraction of sp³-hybridized carbons (Fsp3) is 0.429. The molecule has 114 valence electrons. The molecule has 0 amide bonds. The third-order valence-electron chi connectivity index (χ3n) is 3.77. The Morgan fingerprint density at radius 1 is 1.05 bits per heavy atom. The summed E-state index contributed by atoms with van der Waals surface area (Å²) in [5.74, 6) is 0.614. The minimum Gasteiger partial charge on any atom is -0.0936 e. The first-order chi connectivity index (χ1) is 8.99. The highest BCUT2D eigenvalue weighted by molar-refractivity contribution is 8.45. The summed E-state index contributed by atoms with van der Waals surface area (Å²) < 4.78 is 63.0. The van der Waals surface area contributed by atoms with Crippen LogP contribution in [-0.4, -0.2) is 0 Å². The Morgan fingerprint density at radius 2 is 1.65 bits per heavy atom. The lowest BCUT2D eigenvalue weighted by atomic mass is 9.85. The van der Waals surface area contributed by atoms with E-state index in [4.69, 9.17) is 0 Å². The van der Waals surface area contributed by atoms with Crippen LogP contribution in [0.1, 0.15) is 38.2 Å². The molecule has 1 aliphatic carbocycles. The van der Waals surface area contributed by atoms with Crippen molar-refractivity contribution in [3.05, 3.63) is 35.9 Å². The molecular weight excluding hydrogens is 295 g/mol. The molecule has 0 fully saturated rings. The zero-order valence-electron chi connectivity index (χ0n) is 11.1. The molecule has 0 saturated heterocycles. The Balaban J connectivity index is 2.25. The predicted molar refractivity (Wildman–Crippen MR) is 73.4 cm³/mol. The highest BCUT2D eigenvalue weighted by Crippen LogP contribution is 3.02. The quantitative estimate of drug-likeness (QED) is 0.530. The first-order valence-electron chi connectivity index (χ1n) is 6.53. The van der Waals surface area contributed by atoms with Crippen molar-refractivity contribution in [3.63, 3.8) is 0 Å². The number of hydrogen-bond acceptors (Lipinski definition) is 0. The fourth-order valence-corrected chi connectivity index (χ4v) is 3.10. The van der Waals surface area contributed by atoms with Crippen LogP contribution in [0.3, 0.4) is 0 Å². The Morgan fingerprint density at radius 3 is 2.05 bits per heavy atom. The van der Waals surface area contributed by atoms with Crippen molar-refractivity contribution in [3.8, 4) is 0 Å². The molecular formula is C14H17F5S. The van der Waals surface area contributed by atoms with Gasteiger partial charge in [0.05, 0.1) is 0 Å². The summed E-state index contributed by atoms with van der Waals surface area (Å²) in [6.07, 6.45) is 5.76. The summed E-state index contributed by atoms with van der Waals surface area (Å²) in [6, 6.07) is 3.27. The molecule has 1 unspecified atom stereocenters. The standard InChI is InChI=1S/C14H17F5S/c1-2-11-3-5-12(6-4-11)13-7-9-14(10-8-13)20(15,16,17,18)19/h5,7-11H,2-4,6H2,1H3. The van der Waals surface area contributed by atoms with Gasteiger partial charge in [0.1, 0.15) is 4.90 Å². The van der Waals surface area contributed by atoms with Crippen LogP contribution < -0.4 is 0 Å². The van der Waals surface area contributed by atoms with E-state index in [1.165, 1.54) is 0 Å². The van der Waals surface area contributed by atoms with E-state index >= 15 is 0 Å². The molecule has 20 heavy (non-hydrogen) atoms. The normalized spacial score (nSPS) is 23.7. The molecule has 0 aliphatic heterocycles. The van der Waals surface area contributed by atoms with Crippen molar-refractivity contribution in [1.29, 1.82) is 0 Å². The average molecular weight is 312 g/mol. The van der Waals surface area contributed by atoms with Crippen LogP contribution >= 0.6 is 10.2 Å². The molecule has 1 atom stereocenters. The lowest BCUT2D eigenvalue weighted by molar-refractivity contribution is 0.364. The van der Waals surface area contributed by atoms with Crippen LogP contribution in [0.2, 0.25) is 0 Å². The van der Waals surface area contributed by atoms with Crippen LogP contribution in [-0.2, 0) is 0 Å². The first kappa shape index (κ1) is 15.4. The lowest BCUT2D eigenvalue weighted by Gasteiger charge is -2.40. The summed E-state index contributed by atoms with van der Waals surface area (Å²) in [5.41, 5.74) is 1.55. The van der Waals surface area contributed by atoms with Gasteiger partial charge in [0.25, 0.3) is 0 Å². The van der Waals surface area contributed by atoms with Gasteiger partial charge in [-0.3, -0.25) is 0 Å². The molecule has 0 heterocycles. The minimum absolute atomic E-state index is 0.490. The molecule has 0 nitrogen and oxygen atoms in total. The van der Waals surface area contributed by atoms with Crippen molar-refractivity contribution >= 4 is 15.8 Å². The van der Waals surface area contributed by atoms with E-state index in [0.717, 1.165) is 43.4 Å². The molecule has 0 aromatic heterocycles. The van der Waals surface area contributed by atoms with Gasteiger partial charge in [0.15, 0.2) is 0 Å². The van der Waals surface area contributed by atoms with E-state index in [1.54, 1.807) is 0 Å². The molecule has 2 rings (SSSR count). The zero-order chi connectivity index (χ0) is 15.1. The second-order valence-corrected chi connectivity index (χ2v) is 7.68. The van der Waals surface area contributed by atoms with Crippen molar-refractivity contribution in [1.82, 2.24) is 0 Å². The Hall–Kier alpha value is -1.04. The van der Waals surface area contributed by atoms with Crippen LogP contribution in [0.15, 0.2) is 35.2 Å². The fourth-order valence-electron chi connectivity index (χ4n) is 2.45. The predicted octanol–water partition coefficient (Wildman–Crippen LogP) is 6.94. The van der Waals surface area contributed by atoms with Gasteiger partial charge in [-0.2, -0.15) is 0 Å². The van der Waals surface area contributed by atoms with Gasteiger partial charge in [-0.25, -0.2) is 0 Å². The van der Waals surface area contributed by atoms with Crippen molar-refractivity contribution in [2.24, 2.45) is 5.92 Å². The number of halogens is 5. The van der Waals surface area contributed by atoms with Crippen LogP contribution in [0, 0.1) is 5.92 Å². The number of hydrogen-bond donors (Lipinski definition) is 0. The Kier molecular flexibility index (Phi) is 3.24. The van der Waals surface area contributed by atoms with Gasteiger partial charge in [0, 0.05) is 0 Å². The van der Waals surface area contributed by atoms with Gasteiger partial charge < -0.3 is 0 Å². The SMILES string of the molecule is CCC1CC=C(c2ccc(S(F)(F)(F)(F)F)cc2)CC1. The van der Waals surface area contributed by atoms with Gasteiger partial charge >= 0.3 is 10.2 Å². The maximum Gasteiger partial charge on any atom is 0.310 e. The molecule has 0 N–H and O–H groups in total. The van der Waals surface area contributed by atoms with E-state index < -0.39 is 15.1 Å². The highest BCUT2D eigenvalue weighted by Gasteiger charge is 2.65. The minimum atomic E-state index is -9.55. The van der Waals surface area contributed by atoms with Crippen molar-refractivity contribution < 1.29 is 19.4 Å². The smallest absolute Gasteiger partial charge is 0.0936 e. The third kappa shape index (κ3) is 3.53. The molecule has 0 saturated carbocycles. The monoisotopic (exact) mass is 312 g/mol. The summed E-state index contributed by atoms with van der Waals surface area (Å²) >= 11 is 0. The first-order valence-corrected chi connectivity index (χ1v) is 8.48. The number of benzene rings is 1. The largest absolute Gasteiger partial charge is 0.310 e. The maximum atomic E-state index is 12.6. The summed E-state index contributed by atoms with van der Waals surface area (Å²) in [6.45, 7) is 2.10. The van der Waals surface area contributed by atoms with Crippen molar-refractivity contribution in [2.75, 3.05) is 0 Å². The summed E-state index contributed by atoms with van der Waals surface area (Å²) in [5, 5.41) is 0. The Bertz CT molecular complexity index is 527. The van der Waals surface area contributed by atoms with Crippen LogP contribution in [0.25, 0.3) is 5.57 Å². The zero-order valence-corrected chi connectivity index (χ0v) is 11.9. The second-order valence-electron chi connectivity index (χ2n) is 5.27. The van der Waals surface area contributed by atoms with Gasteiger partial charge in [0.2, 0.25) is 0 Å². The highest BCUT2D eigenvalue weighted by atomic mass is 32.5. The Labute approximate surface area is 115 Å². The van der Waals surface area contributed by atoms with E-state index in [2.05, 4.69) is 6.92 Å². The average Bonchev–Trinajstić information content (AvgIpc) is 2.36. The molecule has 0 radical (unpaired) electrons. The third-order valence-corrected chi connectivity index (χ3v) is 4.93. The van der Waals surface area contributed by atoms with E-state index in [1.807, 2.05) is 6.08 Å². The molecule has 6 heteroatoms. The molecule has 0 spiro atoms. The van der Waals surface area contributed by atoms with E-state index in [-0.39, 0.29) is 0 Å². The van der Waals surface area contributed by atoms with Gasteiger partial charge in [-0.1, -0.05) is 51.0 Å². The number of allylic oxidation sites excluding steroid dienone is 2. The number of rotatable bonds is 3.